The fraction of sp³-hybridized carbons (Fsp3) is 0.286. The van der Waals surface area contributed by atoms with Crippen LogP contribution in [0.4, 0.5) is 0 Å². The van der Waals surface area contributed by atoms with Crippen LogP contribution in [-0.4, -0.2) is 53.0 Å². The molecule has 3 heterocycles. The van der Waals surface area contributed by atoms with Crippen molar-refractivity contribution in [2.45, 2.75) is 49.8 Å². The van der Waals surface area contributed by atoms with Gasteiger partial charge in [0.2, 0.25) is 23.5 Å². The summed E-state index contributed by atoms with van der Waals surface area (Å²) in [6.07, 6.45) is -2.98. The van der Waals surface area contributed by atoms with Crippen molar-refractivity contribution >= 4 is 46.4 Å². The van der Waals surface area contributed by atoms with E-state index in [1.807, 2.05) is 0 Å². The molecule has 0 bridgehead atoms. The van der Waals surface area contributed by atoms with Crippen molar-refractivity contribution < 1.29 is 35.0 Å². The van der Waals surface area contributed by atoms with Gasteiger partial charge in [-0.1, -0.05) is 46.4 Å². The number of halogens is 4. The second-order valence-electron chi connectivity index (χ2n) is 10.4. The highest BCUT2D eigenvalue weighted by atomic mass is 35.5. The van der Waals surface area contributed by atoms with E-state index in [1.165, 1.54) is 33.4 Å². The van der Waals surface area contributed by atoms with Gasteiger partial charge in [-0.2, -0.15) is 0 Å². The van der Waals surface area contributed by atoms with E-state index in [1.54, 1.807) is 12.1 Å². The van der Waals surface area contributed by atoms with Gasteiger partial charge < -0.3 is 35.0 Å². The molecule has 9 nitrogen and oxygen atoms in total. The zero-order valence-electron chi connectivity index (χ0n) is 20.9. The quantitative estimate of drug-likeness (QED) is 0.170. The average Bonchev–Trinajstić information content (AvgIpc) is 3.57. The van der Waals surface area contributed by atoms with Crippen molar-refractivity contribution in [3.63, 3.8) is 0 Å². The Morgan fingerprint density at radius 1 is 0.683 bits per heavy atom. The van der Waals surface area contributed by atoms with Crippen LogP contribution in [0.2, 0.25) is 20.1 Å². The molecule has 0 spiro atoms. The molecular formula is C28H22Cl4N2O7. The van der Waals surface area contributed by atoms with Crippen LogP contribution in [0.15, 0.2) is 36.4 Å². The van der Waals surface area contributed by atoms with Gasteiger partial charge in [-0.05, 0) is 49.2 Å². The van der Waals surface area contributed by atoms with Crippen LogP contribution in [0, 0.1) is 0 Å². The number of aliphatic hydroxyl groups excluding tert-OH is 1. The fourth-order valence-corrected chi connectivity index (χ4v) is 7.17. The predicted octanol–water partition coefficient (Wildman–Crippen LogP) is 6.13. The lowest BCUT2D eigenvalue weighted by Crippen LogP contribution is -2.31. The third-order valence-electron chi connectivity index (χ3n) is 7.96. The van der Waals surface area contributed by atoms with E-state index < -0.39 is 24.4 Å². The molecule has 2 unspecified atom stereocenters. The summed E-state index contributed by atoms with van der Waals surface area (Å²) in [5.41, 5.74) is 1.99. The van der Waals surface area contributed by atoms with Gasteiger partial charge in [-0.3, -0.25) is 9.13 Å². The number of epoxide rings is 1. The number of aromatic hydroxyl groups is 4. The maximum atomic E-state index is 11.4. The van der Waals surface area contributed by atoms with Crippen LogP contribution < -0.4 is 0 Å². The number of aliphatic hydroxyl groups is 1. The topological polar surface area (TPSA) is 133 Å². The monoisotopic (exact) mass is 638 g/mol. The Hall–Kier alpha value is -2.76. The lowest BCUT2D eigenvalue weighted by atomic mass is 9.88. The summed E-state index contributed by atoms with van der Waals surface area (Å²) in [7, 11) is 0. The number of ether oxygens (including phenoxy) is 2. The number of fused-ring (bicyclic) bond motifs is 3. The number of nitrogens with zero attached hydrogens (tertiary/aromatic N) is 2. The van der Waals surface area contributed by atoms with Crippen LogP contribution in [0.25, 0.3) is 11.4 Å². The van der Waals surface area contributed by atoms with E-state index in [0.29, 0.717) is 54.6 Å². The molecule has 7 rings (SSSR count). The first-order chi connectivity index (χ1) is 19.5. The van der Waals surface area contributed by atoms with Crippen molar-refractivity contribution in [2.24, 2.45) is 0 Å². The molecule has 5 atom stereocenters. The molecule has 0 amide bonds. The molecular weight excluding hydrogens is 618 g/mol. The van der Waals surface area contributed by atoms with Gasteiger partial charge in [-0.25, -0.2) is 0 Å². The molecule has 1 saturated heterocycles. The van der Waals surface area contributed by atoms with Gasteiger partial charge in [-0.15, -0.1) is 0 Å². The van der Waals surface area contributed by atoms with Crippen LogP contribution in [0.1, 0.15) is 40.9 Å². The first-order valence-corrected chi connectivity index (χ1v) is 14.3. The summed E-state index contributed by atoms with van der Waals surface area (Å²) in [5.74, 6) is -1.08. The predicted molar refractivity (Wildman–Crippen MR) is 151 cm³/mol. The maximum absolute atomic E-state index is 11.4. The molecule has 2 aliphatic carbocycles. The summed E-state index contributed by atoms with van der Waals surface area (Å²) in [6.45, 7) is 0. The van der Waals surface area contributed by atoms with E-state index >= 15 is 0 Å². The Labute approximate surface area is 253 Å². The third-order valence-corrected chi connectivity index (χ3v) is 8.83. The van der Waals surface area contributed by atoms with Gasteiger partial charge in [0.25, 0.3) is 0 Å². The molecule has 2 aromatic carbocycles. The van der Waals surface area contributed by atoms with Crippen LogP contribution in [-0.2, 0) is 22.3 Å². The van der Waals surface area contributed by atoms with E-state index in [2.05, 4.69) is 0 Å². The second-order valence-corrected chi connectivity index (χ2v) is 12.2. The van der Waals surface area contributed by atoms with E-state index in [4.69, 9.17) is 55.9 Å². The van der Waals surface area contributed by atoms with Crippen LogP contribution in [0.3, 0.4) is 0 Å². The molecule has 2 aromatic heterocycles. The van der Waals surface area contributed by atoms with Crippen molar-refractivity contribution in [2.75, 3.05) is 0 Å². The zero-order valence-corrected chi connectivity index (χ0v) is 24.0. The summed E-state index contributed by atoms with van der Waals surface area (Å²) < 4.78 is 14.7. The van der Waals surface area contributed by atoms with Gasteiger partial charge in [0.05, 0.1) is 34.7 Å². The minimum absolute atomic E-state index is 0.200. The first-order valence-electron chi connectivity index (χ1n) is 12.8. The molecule has 214 valence electrons. The van der Waals surface area contributed by atoms with Gasteiger partial charge in [0, 0.05) is 37.6 Å². The summed E-state index contributed by atoms with van der Waals surface area (Å²) >= 11 is 24.7. The Bertz CT molecular complexity index is 1620. The van der Waals surface area contributed by atoms with E-state index in [-0.39, 0.29) is 48.0 Å². The highest BCUT2D eigenvalue weighted by Crippen LogP contribution is 2.56. The summed E-state index contributed by atoms with van der Waals surface area (Å²) in [4.78, 5) is 0. The standard InChI is InChI=1S/C28H22Cl4N2O7/c29-10-3-11(30)6-14(5-10)33-25(36)16-1-2-18(35)22(20(16)27(33)38)41-24-21-17(9-19-23(24)40-19)26(37)34(28(21)39)15-7-12(31)4-13(32)8-15/h3-8,18-19,22-24,35-39H,1-2,9H2/t18-,19+,22?,23+,24?/m0/s1. The van der Waals surface area contributed by atoms with Crippen molar-refractivity contribution in [1.82, 2.24) is 9.13 Å². The van der Waals surface area contributed by atoms with Gasteiger partial charge in [0.15, 0.2) is 0 Å². The SMILES string of the molecule is Oc1c2c(c(O)n1-c1cc(Cl)cc(Cl)c1)C(OC1c3c(c(O)n(-c4cc(Cl)cc(Cl)c4)c3O)C[C@H]3O[C@@H]13)[C@@H](O)CC2. The first kappa shape index (κ1) is 27.1. The number of hydrogen-bond donors (Lipinski definition) is 5. The molecule has 1 aliphatic heterocycles. The fourth-order valence-electron chi connectivity index (χ4n) is 6.14. The highest BCUT2D eigenvalue weighted by molar-refractivity contribution is 6.35. The van der Waals surface area contributed by atoms with E-state index in [0.717, 1.165) is 0 Å². The minimum Gasteiger partial charge on any atom is -0.494 e. The van der Waals surface area contributed by atoms with Crippen LogP contribution in [0.5, 0.6) is 23.5 Å². The molecule has 1 fully saturated rings. The van der Waals surface area contributed by atoms with Crippen LogP contribution >= 0.6 is 46.4 Å². The molecule has 4 aromatic rings. The van der Waals surface area contributed by atoms with E-state index in [9.17, 15) is 25.5 Å². The molecule has 0 radical (unpaired) electrons. The number of hydrogen-bond acceptors (Lipinski definition) is 7. The lowest BCUT2D eigenvalue weighted by Gasteiger charge is -2.32. The number of rotatable bonds is 4. The number of aromatic nitrogens is 2. The summed E-state index contributed by atoms with van der Waals surface area (Å²) in [6, 6.07) is 9.23. The zero-order chi connectivity index (χ0) is 28.9. The largest absolute Gasteiger partial charge is 0.494 e. The smallest absolute Gasteiger partial charge is 0.205 e. The maximum Gasteiger partial charge on any atom is 0.205 e. The molecule has 3 aliphatic rings. The Morgan fingerprint density at radius 2 is 1.17 bits per heavy atom. The minimum atomic E-state index is -1.10. The third kappa shape index (κ3) is 4.26. The average molecular weight is 640 g/mol. The molecule has 13 heteroatoms. The normalized spacial score (nSPS) is 24.6. The lowest BCUT2D eigenvalue weighted by molar-refractivity contribution is -0.0973. The highest BCUT2D eigenvalue weighted by Gasteiger charge is 2.55. The molecule has 5 N–H and O–H groups in total. The number of benzene rings is 2. The Kier molecular flexibility index (Phi) is 6.37. The van der Waals surface area contributed by atoms with Gasteiger partial charge >= 0.3 is 0 Å². The van der Waals surface area contributed by atoms with Crippen molar-refractivity contribution in [3.05, 3.63) is 78.7 Å². The Balaban J connectivity index is 1.32. The van der Waals surface area contributed by atoms with Crippen molar-refractivity contribution in [1.29, 1.82) is 0 Å². The second kappa shape index (κ2) is 9.64. The molecule has 0 saturated carbocycles. The summed E-state index contributed by atoms with van der Waals surface area (Å²) in [5, 5.41) is 57.4. The Morgan fingerprint density at radius 3 is 1.71 bits per heavy atom. The molecule has 41 heavy (non-hydrogen) atoms. The van der Waals surface area contributed by atoms with Crippen molar-refractivity contribution in [3.8, 4) is 34.9 Å². The van der Waals surface area contributed by atoms with Gasteiger partial charge in [0.1, 0.15) is 18.3 Å².